The molecule has 21 heavy (non-hydrogen) atoms. The number of hydrogen-bond acceptors (Lipinski definition) is 3. The first kappa shape index (κ1) is 14.7. The number of nitrogen functional groups attached to an aromatic ring is 1. The van der Waals surface area contributed by atoms with Crippen LogP contribution < -0.4 is 11.1 Å². The van der Waals surface area contributed by atoms with Crippen molar-refractivity contribution < 1.29 is 13.2 Å². The molecule has 0 fully saturated rings. The van der Waals surface area contributed by atoms with Crippen molar-refractivity contribution in [2.24, 2.45) is 0 Å². The van der Waals surface area contributed by atoms with Crippen LogP contribution in [0.15, 0.2) is 36.4 Å². The molecule has 0 radical (unpaired) electrons. The fourth-order valence-electron chi connectivity index (χ4n) is 1.89. The highest BCUT2D eigenvalue weighted by Gasteiger charge is 2.32. The third-order valence-corrected chi connectivity index (χ3v) is 3.00. The Morgan fingerprint density at radius 2 is 1.86 bits per heavy atom. The van der Waals surface area contributed by atoms with E-state index in [4.69, 9.17) is 11.0 Å². The molecule has 3 N–H and O–H groups in total. The molecule has 0 saturated heterocycles. The maximum atomic E-state index is 12.9. The normalized spacial score (nSPS) is 11.0. The van der Waals surface area contributed by atoms with Crippen LogP contribution in [0.25, 0.3) is 0 Å². The van der Waals surface area contributed by atoms with Gasteiger partial charge in [-0.2, -0.15) is 18.4 Å². The molecule has 0 amide bonds. The fourth-order valence-corrected chi connectivity index (χ4v) is 1.89. The molecule has 0 aromatic heterocycles. The van der Waals surface area contributed by atoms with Gasteiger partial charge < -0.3 is 11.1 Å². The second-order valence-electron chi connectivity index (χ2n) is 4.57. The lowest BCUT2D eigenvalue weighted by atomic mass is 10.1. The van der Waals surface area contributed by atoms with E-state index in [1.54, 1.807) is 0 Å². The SMILES string of the molecule is Cc1ccc(Nc2cc(C#N)ccc2N)cc1C(F)(F)F. The van der Waals surface area contributed by atoms with E-state index >= 15 is 0 Å². The lowest BCUT2D eigenvalue weighted by Crippen LogP contribution is -2.08. The number of hydrogen-bond donors (Lipinski definition) is 2. The summed E-state index contributed by atoms with van der Waals surface area (Å²) in [6.45, 7) is 1.40. The second-order valence-corrected chi connectivity index (χ2v) is 4.57. The van der Waals surface area contributed by atoms with Crippen LogP contribution >= 0.6 is 0 Å². The third kappa shape index (κ3) is 3.26. The number of nitriles is 1. The summed E-state index contributed by atoms with van der Waals surface area (Å²) in [5, 5.41) is 11.6. The molecule has 0 atom stereocenters. The zero-order valence-corrected chi connectivity index (χ0v) is 11.1. The van der Waals surface area contributed by atoms with Gasteiger partial charge in [0, 0.05) is 5.69 Å². The molecule has 0 saturated carbocycles. The van der Waals surface area contributed by atoms with Gasteiger partial charge in [0.05, 0.1) is 28.6 Å². The lowest BCUT2D eigenvalue weighted by molar-refractivity contribution is -0.138. The monoisotopic (exact) mass is 291 g/mol. The van der Waals surface area contributed by atoms with E-state index in [2.05, 4.69) is 5.32 Å². The first-order chi connectivity index (χ1) is 9.81. The van der Waals surface area contributed by atoms with Crippen molar-refractivity contribution in [3.63, 3.8) is 0 Å². The summed E-state index contributed by atoms with van der Waals surface area (Å²) in [7, 11) is 0. The largest absolute Gasteiger partial charge is 0.416 e. The number of nitrogens with one attached hydrogen (secondary N) is 1. The number of alkyl halides is 3. The molecule has 0 aliphatic heterocycles. The van der Waals surface area contributed by atoms with Crippen LogP contribution in [0.1, 0.15) is 16.7 Å². The van der Waals surface area contributed by atoms with Crippen molar-refractivity contribution in [2.75, 3.05) is 11.1 Å². The molecule has 0 bridgehead atoms. The van der Waals surface area contributed by atoms with Gasteiger partial charge in [-0.05, 0) is 42.8 Å². The first-order valence-corrected chi connectivity index (χ1v) is 6.06. The Balaban J connectivity index is 2.39. The number of benzene rings is 2. The molecule has 0 aliphatic carbocycles. The highest BCUT2D eigenvalue weighted by Crippen LogP contribution is 2.34. The lowest BCUT2D eigenvalue weighted by Gasteiger charge is -2.14. The van der Waals surface area contributed by atoms with Crippen molar-refractivity contribution in [1.29, 1.82) is 5.26 Å². The minimum Gasteiger partial charge on any atom is -0.397 e. The van der Waals surface area contributed by atoms with Crippen LogP contribution in [0.3, 0.4) is 0 Å². The van der Waals surface area contributed by atoms with Crippen LogP contribution in [0, 0.1) is 18.3 Å². The van der Waals surface area contributed by atoms with Crippen molar-refractivity contribution >= 4 is 17.1 Å². The average molecular weight is 291 g/mol. The van der Waals surface area contributed by atoms with Crippen molar-refractivity contribution in [3.8, 4) is 6.07 Å². The number of aryl methyl sites for hydroxylation is 1. The molecule has 0 heterocycles. The van der Waals surface area contributed by atoms with E-state index < -0.39 is 11.7 Å². The zero-order chi connectivity index (χ0) is 15.6. The Kier molecular flexibility index (Phi) is 3.76. The van der Waals surface area contributed by atoms with Gasteiger partial charge in [0.2, 0.25) is 0 Å². The average Bonchev–Trinajstić information content (AvgIpc) is 2.42. The molecular weight excluding hydrogens is 279 g/mol. The standard InChI is InChI=1S/C15H12F3N3/c1-9-2-4-11(7-12(9)15(16,17)18)21-14-6-10(8-19)3-5-13(14)20/h2-7,21H,20H2,1H3. The summed E-state index contributed by atoms with van der Waals surface area (Å²) in [6, 6.07) is 10.4. The molecule has 0 unspecified atom stereocenters. The number of nitrogens with zero attached hydrogens (tertiary/aromatic N) is 1. The minimum absolute atomic E-state index is 0.145. The number of halogens is 3. The van der Waals surface area contributed by atoms with E-state index in [-0.39, 0.29) is 11.3 Å². The zero-order valence-electron chi connectivity index (χ0n) is 11.1. The fraction of sp³-hybridized carbons (Fsp3) is 0.133. The smallest absolute Gasteiger partial charge is 0.397 e. The summed E-state index contributed by atoms with van der Waals surface area (Å²) >= 11 is 0. The Labute approximate surface area is 119 Å². The van der Waals surface area contributed by atoms with Gasteiger partial charge >= 0.3 is 6.18 Å². The highest BCUT2D eigenvalue weighted by atomic mass is 19.4. The van der Waals surface area contributed by atoms with Gasteiger partial charge in [-0.1, -0.05) is 6.07 Å². The maximum absolute atomic E-state index is 12.9. The number of nitrogens with two attached hydrogens (primary N) is 1. The van der Waals surface area contributed by atoms with E-state index in [9.17, 15) is 13.2 Å². The van der Waals surface area contributed by atoms with Gasteiger partial charge in [-0.25, -0.2) is 0 Å². The van der Waals surface area contributed by atoms with Gasteiger partial charge in [-0.15, -0.1) is 0 Å². The van der Waals surface area contributed by atoms with Crippen molar-refractivity contribution in [1.82, 2.24) is 0 Å². The molecule has 6 heteroatoms. The maximum Gasteiger partial charge on any atom is 0.416 e. The molecule has 108 valence electrons. The van der Waals surface area contributed by atoms with E-state index in [1.165, 1.54) is 37.3 Å². The van der Waals surface area contributed by atoms with E-state index in [0.29, 0.717) is 16.9 Å². The quantitative estimate of drug-likeness (QED) is 0.815. The molecule has 2 rings (SSSR count). The summed E-state index contributed by atoms with van der Waals surface area (Å²) in [5.74, 6) is 0. The summed E-state index contributed by atoms with van der Waals surface area (Å²) in [6.07, 6.45) is -4.41. The third-order valence-electron chi connectivity index (χ3n) is 3.00. The van der Waals surface area contributed by atoms with Crippen molar-refractivity contribution in [2.45, 2.75) is 13.1 Å². The van der Waals surface area contributed by atoms with Gasteiger partial charge in [-0.3, -0.25) is 0 Å². The van der Waals surface area contributed by atoms with Crippen LogP contribution in [-0.4, -0.2) is 0 Å². The highest BCUT2D eigenvalue weighted by molar-refractivity contribution is 5.74. The van der Waals surface area contributed by atoms with Crippen molar-refractivity contribution in [3.05, 3.63) is 53.1 Å². The summed E-state index contributed by atoms with van der Waals surface area (Å²) in [4.78, 5) is 0. The molecule has 2 aromatic rings. The Bertz CT molecular complexity index is 715. The number of anilines is 3. The molecule has 3 nitrogen and oxygen atoms in total. The molecule has 0 aliphatic rings. The van der Waals surface area contributed by atoms with Crippen LogP contribution in [0.4, 0.5) is 30.2 Å². The van der Waals surface area contributed by atoms with Crippen LogP contribution in [0.2, 0.25) is 0 Å². The molecule has 2 aromatic carbocycles. The van der Waals surface area contributed by atoms with Gasteiger partial charge in [0.25, 0.3) is 0 Å². The van der Waals surface area contributed by atoms with E-state index in [1.807, 2.05) is 6.07 Å². The summed E-state index contributed by atoms with van der Waals surface area (Å²) in [5.41, 5.74) is 6.56. The Morgan fingerprint density at radius 3 is 2.48 bits per heavy atom. The molecule has 0 spiro atoms. The topological polar surface area (TPSA) is 61.8 Å². The Hall–Kier alpha value is -2.68. The minimum atomic E-state index is -4.41. The second kappa shape index (κ2) is 5.37. The first-order valence-electron chi connectivity index (χ1n) is 6.06. The summed E-state index contributed by atoms with van der Waals surface area (Å²) < 4.78 is 38.6. The number of rotatable bonds is 2. The predicted octanol–water partition coefficient (Wildman–Crippen LogP) is 4.21. The van der Waals surface area contributed by atoms with Gasteiger partial charge in [0.15, 0.2) is 0 Å². The van der Waals surface area contributed by atoms with Crippen LogP contribution in [0.5, 0.6) is 0 Å². The van der Waals surface area contributed by atoms with Crippen LogP contribution in [-0.2, 0) is 6.18 Å². The predicted molar refractivity (Wildman–Crippen MR) is 75.0 cm³/mol. The van der Waals surface area contributed by atoms with E-state index in [0.717, 1.165) is 6.07 Å². The molecular formula is C15H12F3N3. The Morgan fingerprint density at radius 1 is 1.14 bits per heavy atom. The van der Waals surface area contributed by atoms with Gasteiger partial charge in [0.1, 0.15) is 0 Å².